The monoisotopic (exact) mass is 386 g/mol. The van der Waals surface area contributed by atoms with Crippen LogP contribution in [-0.4, -0.2) is 11.7 Å². The minimum absolute atomic E-state index is 0.128. The molecule has 0 amide bonds. The van der Waals surface area contributed by atoms with Crippen molar-refractivity contribution in [3.63, 3.8) is 0 Å². The highest BCUT2D eigenvalue weighted by Gasteiger charge is 2.60. The molecule has 0 bridgehead atoms. The van der Waals surface area contributed by atoms with E-state index < -0.39 is 0 Å². The van der Waals surface area contributed by atoms with Crippen LogP contribution in [0.2, 0.25) is 0 Å². The Morgan fingerprint density at radius 2 is 1.79 bits per heavy atom. The van der Waals surface area contributed by atoms with Crippen molar-refractivity contribution in [3.05, 3.63) is 12.2 Å². The topological polar surface area (TPSA) is 20.2 Å². The zero-order chi connectivity index (χ0) is 19.9. The third-order valence-electron chi connectivity index (χ3n) is 10.3. The van der Waals surface area contributed by atoms with E-state index in [-0.39, 0.29) is 5.41 Å². The molecule has 0 saturated heterocycles. The summed E-state index contributed by atoms with van der Waals surface area (Å²) in [6.07, 6.45) is 20.2. The Morgan fingerprint density at radius 3 is 2.54 bits per heavy atom. The molecule has 3 saturated carbocycles. The molecule has 0 aromatic carbocycles. The summed E-state index contributed by atoms with van der Waals surface area (Å²) in [5.41, 5.74) is 0.698. The molecule has 4 rings (SSSR count). The first-order valence-electron chi connectivity index (χ1n) is 12.7. The van der Waals surface area contributed by atoms with Crippen LogP contribution in [-0.2, 0) is 0 Å². The highest BCUT2D eigenvalue weighted by Crippen LogP contribution is 2.67. The van der Waals surface area contributed by atoms with Crippen molar-refractivity contribution < 1.29 is 5.11 Å². The molecule has 8 unspecified atom stereocenters. The summed E-state index contributed by atoms with van der Waals surface area (Å²) in [5, 5.41) is 10.6. The van der Waals surface area contributed by atoms with Gasteiger partial charge in [-0.25, -0.2) is 0 Å². The highest BCUT2D eigenvalue weighted by atomic mass is 16.3. The van der Waals surface area contributed by atoms with Crippen LogP contribution in [0.15, 0.2) is 12.2 Å². The predicted molar refractivity (Wildman–Crippen MR) is 119 cm³/mol. The van der Waals surface area contributed by atoms with Gasteiger partial charge in [-0.15, -0.1) is 0 Å². The van der Waals surface area contributed by atoms with Gasteiger partial charge in [0, 0.05) is 5.41 Å². The van der Waals surface area contributed by atoms with Gasteiger partial charge in [0.25, 0.3) is 0 Å². The van der Waals surface area contributed by atoms with Crippen LogP contribution < -0.4 is 0 Å². The second-order valence-electron chi connectivity index (χ2n) is 11.9. The smallest absolute Gasteiger partial charge is 0.0527 e. The van der Waals surface area contributed by atoms with E-state index in [1.165, 1.54) is 70.6 Å². The van der Waals surface area contributed by atoms with Gasteiger partial charge < -0.3 is 5.11 Å². The Kier molecular flexibility index (Phi) is 6.05. The second kappa shape index (κ2) is 8.09. The Labute approximate surface area is 174 Å². The Balaban J connectivity index is 1.50. The number of aliphatic hydroxyl groups is 1. The summed E-state index contributed by atoms with van der Waals surface area (Å²) in [6.45, 7) is 10.4. The molecule has 0 aromatic heterocycles. The number of allylic oxidation sites excluding steroid dienone is 1. The molecule has 3 fully saturated rings. The summed E-state index contributed by atoms with van der Waals surface area (Å²) in [5.74, 6) is 5.98. The van der Waals surface area contributed by atoms with Gasteiger partial charge in [0.15, 0.2) is 0 Å². The molecule has 0 heterocycles. The van der Waals surface area contributed by atoms with Crippen molar-refractivity contribution in [3.8, 4) is 0 Å². The van der Waals surface area contributed by atoms with Crippen LogP contribution in [0.5, 0.6) is 0 Å². The van der Waals surface area contributed by atoms with E-state index in [0.717, 1.165) is 41.4 Å². The zero-order valence-electron chi connectivity index (χ0n) is 19.1. The number of rotatable bonds is 6. The lowest BCUT2D eigenvalue weighted by molar-refractivity contribution is -0.108. The molecule has 1 nitrogen and oxygen atoms in total. The molecule has 4 aliphatic rings. The van der Waals surface area contributed by atoms with Gasteiger partial charge in [-0.1, -0.05) is 59.1 Å². The van der Waals surface area contributed by atoms with Gasteiger partial charge in [-0.05, 0) is 98.2 Å². The largest absolute Gasteiger partial charge is 0.395 e. The molecule has 28 heavy (non-hydrogen) atoms. The molecule has 8 atom stereocenters. The minimum Gasteiger partial charge on any atom is -0.395 e. The van der Waals surface area contributed by atoms with Crippen LogP contribution in [0.3, 0.4) is 0 Å². The lowest BCUT2D eigenvalue weighted by atomic mass is 9.45. The molecule has 1 heteroatoms. The Morgan fingerprint density at radius 1 is 0.964 bits per heavy atom. The van der Waals surface area contributed by atoms with Crippen molar-refractivity contribution in [1.29, 1.82) is 0 Å². The van der Waals surface area contributed by atoms with Gasteiger partial charge >= 0.3 is 0 Å². The van der Waals surface area contributed by atoms with Gasteiger partial charge in [0.05, 0.1) is 6.61 Å². The summed E-state index contributed by atoms with van der Waals surface area (Å²) in [4.78, 5) is 0. The predicted octanol–water partition coefficient (Wildman–Crippen LogP) is 7.25. The Bertz CT molecular complexity index is 565. The number of fused-ring (bicyclic) bond motifs is 5. The SMILES string of the molecule is CC(C)CCCC(C)C1CCC2C3CCC4CCC=CC4(CO)C3CCC12C. The summed E-state index contributed by atoms with van der Waals surface area (Å²) in [6, 6.07) is 0. The summed E-state index contributed by atoms with van der Waals surface area (Å²) >= 11 is 0. The highest BCUT2D eigenvalue weighted by molar-refractivity contribution is 5.17. The van der Waals surface area contributed by atoms with Gasteiger partial charge in [0.2, 0.25) is 0 Å². The van der Waals surface area contributed by atoms with Gasteiger partial charge in [0.1, 0.15) is 0 Å². The van der Waals surface area contributed by atoms with E-state index in [2.05, 4.69) is 39.8 Å². The van der Waals surface area contributed by atoms with E-state index in [4.69, 9.17) is 0 Å². The van der Waals surface area contributed by atoms with E-state index >= 15 is 0 Å². The van der Waals surface area contributed by atoms with Crippen molar-refractivity contribution >= 4 is 0 Å². The summed E-state index contributed by atoms with van der Waals surface area (Å²) in [7, 11) is 0. The van der Waals surface area contributed by atoms with Crippen molar-refractivity contribution in [2.75, 3.05) is 6.61 Å². The van der Waals surface area contributed by atoms with E-state index in [1.54, 1.807) is 0 Å². The van der Waals surface area contributed by atoms with Crippen molar-refractivity contribution in [2.24, 2.45) is 52.3 Å². The number of hydrogen-bond acceptors (Lipinski definition) is 1. The van der Waals surface area contributed by atoms with Crippen LogP contribution >= 0.6 is 0 Å². The lowest BCUT2D eigenvalue weighted by Gasteiger charge is -2.60. The van der Waals surface area contributed by atoms with Gasteiger partial charge in [-0.3, -0.25) is 0 Å². The first-order valence-corrected chi connectivity index (χ1v) is 12.7. The maximum atomic E-state index is 10.6. The van der Waals surface area contributed by atoms with Gasteiger partial charge in [-0.2, -0.15) is 0 Å². The van der Waals surface area contributed by atoms with Crippen molar-refractivity contribution in [1.82, 2.24) is 0 Å². The number of aliphatic hydroxyl groups excluding tert-OH is 1. The third-order valence-corrected chi connectivity index (χ3v) is 10.3. The fourth-order valence-electron chi connectivity index (χ4n) is 8.92. The molecule has 4 aliphatic carbocycles. The molecular weight excluding hydrogens is 340 g/mol. The van der Waals surface area contributed by atoms with E-state index in [9.17, 15) is 5.11 Å². The fraction of sp³-hybridized carbons (Fsp3) is 0.926. The minimum atomic E-state index is 0.128. The molecular formula is C27H46O. The maximum absolute atomic E-state index is 10.6. The average Bonchev–Trinajstić information content (AvgIpc) is 3.04. The first kappa shape index (κ1) is 21.0. The summed E-state index contributed by atoms with van der Waals surface area (Å²) < 4.78 is 0. The number of hydrogen-bond donors (Lipinski definition) is 1. The average molecular weight is 387 g/mol. The Hall–Kier alpha value is -0.300. The fourth-order valence-corrected chi connectivity index (χ4v) is 8.92. The maximum Gasteiger partial charge on any atom is 0.0527 e. The van der Waals surface area contributed by atoms with Crippen molar-refractivity contribution in [2.45, 2.75) is 98.3 Å². The quantitative estimate of drug-likeness (QED) is 0.477. The third kappa shape index (κ3) is 3.32. The molecule has 0 radical (unpaired) electrons. The van der Waals surface area contributed by atoms with E-state index in [0.29, 0.717) is 12.0 Å². The van der Waals surface area contributed by atoms with Crippen LogP contribution in [0.1, 0.15) is 98.3 Å². The van der Waals surface area contributed by atoms with Crippen LogP contribution in [0.25, 0.3) is 0 Å². The molecule has 0 aromatic rings. The molecule has 0 spiro atoms. The normalized spacial score (nSPS) is 46.1. The van der Waals surface area contributed by atoms with Crippen LogP contribution in [0.4, 0.5) is 0 Å². The second-order valence-corrected chi connectivity index (χ2v) is 11.9. The standard InChI is InChI=1S/C27H46O/c1-19(2)8-7-9-20(3)23-13-14-24-22-12-11-21-10-5-6-16-27(21,18-28)25(22)15-17-26(23,24)4/h6,16,19-25,28H,5,7-15,17-18H2,1-4H3. The zero-order valence-corrected chi connectivity index (χ0v) is 19.1. The molecule has 0 aliphatic heterocycles. The van der Waals surface area contributed by atoms with Crippen LogP contribution in [0, 0.1) is 52.3 Å². The lowest BCUT2D eigenvalue weighted by Crippen LogP contribution is -2.54. The first-order chi connectivity index (χ1) is 13.4. The molecule has 1 N–H and O–H groups in total. The van der Waals surface area contributed by atoms with E-state index in [1.807, 2.05) is 0 Å². The molecule has 160 valence electrons.